The van der Waals surface area contributed by atoms with E-state index >= 15 is 0 Å². The van der Waals surface area contributed by atoms with Crippen molar-refractivity contribution in [3.63, 3.8) is 0 Å². The summed E-state index contributed by atoms with van der Waals surface area (Å²) in [7, 11) is 0. The van der Waals surface area contributed by atoms with Crippen LogP contribution < -0.4 is 5.73 Å². The van der Waals surface area contributed by atoms with E-state index in [0.29, 0.717) is 17.6 Å². The molecule has 2 fully saturated rings. The fourth-order valence-corrected chi connectivity index (χ4v) is 4.01. The first-order valence-electron chi connectivity index (χ1n) is 7.02. The Labute approximate surface area is 106 Å². The van der Waals surface area contributed by atoms with E-state index in [9.17, 15) is 0 Å². The molecule has 17 heavy (non-hydrogen) atoms. The molecule has 0 aromatic heterocycles. The van der Waals surface area contributed by atoms with Crippen molar-refractivity contribution < 1.29 is 4.74 Å². The molecule has 0 bridgehead atoms. The number of rotatable bonds is 2. The molecule has 1 unspecified atom stereocenters. The molecule has 1 saturated carbocycles. The van der Waals surface area contributed by atoms with Gasteiger partial charge in [-0.1, -0.05) is 20.3 Å². The van der Waals surface area contributed by atoms with Gasteiger partial charge in [-0.15, -0.1) is 0 Å². The normalized spacial score (nSPS) is 42.9. The molecule has 1 aliphatic carbocycles. The van der Waals surface area contributed by atoms with Crippen LogP contribution in [0.3, 0.4) is 0 Å². The van der Waals surface area contributed by atoms with Crippen molar-refractivity contribution in [2.24, 2.45) is 11.1 Å². The van der Waals surface area contributed by atoms with E-state index < -0.39 is 0 Å². The smallest absolute Gasteiger partial charge is 0.0678 e. The first-order valence-corrected chi connectivity index (χ1v) is 7.02. The van der Waals surface area contributed by atoms with Gasteiger partial charge in [0.05, 0.1) is 12.2 Å². The molecule has 3 atom stereocenters. The van der Waals surface area contributed by atoms with Gasteiger partial charge in [0.1, 0.15) is 0 Å². The van der Waals surface area contributed by atoms with Gasteiger partial charge < -0.3 is 10.5 Å². The maximum atomic E-state index is 6.18. The van der Waals surface area contributed by atoms with Gasteiger partial charge in [-0.25, -0.2) is 0 Å². The van der Waals surface area contributed by atoms with Crippen molar-refractivity contribution in [2.45, 2.75) is 64.7 Å². The molecule has 2 aliphatic rings. The minimum atomic E-state index is 0.194. The van der Waals surface area contributed by atoms with E-state index in [1.807, 2.05) is 0 Å². The van der Waals surface area contributed by atoms with Crippen LogP contribution in [0.1, 0.15) is 47.0 Å². The zero-order chi connectivity index (χ0) is 12.7. The quantitative estimate of drug-likeness (QED) is 0.802. The molecule has 0 aromatic rings. The lowest BCUT2D eigenvalue weighted by Gasteiger charge is -2.53. The molecule has 100 valence electrons. The van der Waals surface area contributed by atoms with Gasteiger partial charge >= 0.3 is 0 Å². The zero-order valence-electron chi connectivity index (χ0n) is 11.8. The molecular formula is C14H28N2O. The predicted octanol–water partition coefficient (Wildman–Crippen LogP) is 2.00. The molecule has 3 heteroatoms. The highest BCUT2D eigenvalue weighted by Gasteiger charge is 2.52. The van der Waals surface area contributed by atoms with Crippen molar-refractivity contribution in [1.29, 1.82) is 0 Å². The maximum absolute atomic E-state index is 6.18. The number of morpholine rings is 1. The summed E-state index contributed by atoms with van der Waals surface area (Å²) in [4.78, 5) is 2.62. The molecule has 0 spiro atoms. The SMILES string of the molecule is C[C@@H]1CN(C2(CN)CCCC2(C)C)C[C@H](C)O1. The van der Waals surface area contributed by atoms with Crippen molar-refractivity contribution in [2.75, 3.05) is 19.6 Å². The average Bonchev–Trinajstić information content (AvgIpc) is 2.52. The van der Waals surface area contributed by atoms with E-state index in [4.69, 9.17) is 10.5 Å². The number of nitrogens with zero attached hydrogens (tertiary/aromatic N) is 1. The van der Waals surface area contributed by atoms with Crippen molar-refractivity contribution in [3.8, 4) is 0 Å². The van der Waals surface area contributed by atoms with Gasteiger partial charge in [0.2, 0.25) is 0 Å². The Kier molecular flexibility index (Phi) is 3.54. The monoisotopic (exact) mass is 240 g/mol. The van der Waals surface area contributed by atoms with Crippen LogP contribution in [0, 0.1) is 5.41 Å². The molecule has 3 nitrogen and oxygen atoms in total. The van der Waals surface area contributed by atoms with Crippen molar-refractivity contribution in [1.82, 2.24) is 4.90 Å². The standard InChI is InChI=1S/C14H28N2O/c1-11-8-16(9-12(2)17-11)14(10-15)7-5-6-13(14,3)4/h11-12H,5-10,15H2,1-4H3/t11-,12+,14?. The van der Waals surface area contributed by atoms with Gasteiger partial charge in [-0.05, 0) is 32.1 Å². The molecule has 0 radical (unpaired) electrons. The summed E-state index contributed by atoms with van der Waals surface area (Å²) >= 11 is 0. The van der Waals surface area contributed by atoms with Crippen LogP contribution in [-0.4, -0.2) is 42.3 Å². The third-order valence-electron chi connectivity index (χ3n) is 5.01. The zero-order valence-corrected chi connectivity index (χ0v) is 11.8. The second-order valence-corrected chi connectivity index (χ2v) is 6.64. The summed E-state index contributed by atoms with van der Waals surface area (Å²) in [6.07, 6.45) is 4.52. The average molecular weight is 240 g/mol. The molecule has 0 aromatic carbocycles. The van der Waals surface area contributed by atoms with Gasteiger partial charge in [-0.2, -0.15) is 0 Å². The molecule has 1 heterocycles. The second-order valence-electron chi connectivity index (χ2n) is 6.64. The highest BCUT2D eigenvalue weighted by Crippen LogP contribution is 2.49. The highest BCUT2D eigenvalue weighted by atomic mass is 16.5. The minimum Gasteiger partial charge on any atom is -0.373 e. The lowest BCUT2D eigenvalue weighted by Crippen LogP contribution is -2.64. The summed E-state index contributed by atoms with van der Waals surface area (Å²) in [5.74, 6) is 0. The Hall–Kier alpha value is -0.120. The second kappa shape index (κ2) is 4.52. The van der Waals surface area contributed by atoms with Gasteiger partial charge in [0.25, 0.3) is 0 Å². The first-order chi connectivity index (χ1) is 7.91. The van der Waals surface area contributed by atoms with Crippen LogP contribution in [0.15, 0.2) is 0 Å². The third-order valence-corrected chi connectivity index (χ3v) is 5.01. The van der Waals surface area contributed by atoms with E-state index in [0.717, 1.165) is 19.6 Å². The third kappa shape index (κ3) is 2.13. The summed E-state index contributed by atoms with van der Waals surface area (Å²) in [6.45, 7) is 12.0. The van der Waals surface area contributed by atoms with Crippen molar-refractivity contribution >= 4 is 0 Å². The predicted molar refractivity (Wildman–Crippen MR) is 71.0 cm³/mol. The molecule has 2 N–H and O–H groups in total. The lowest BCUT2D eigenvalue weighted by molar-refractivity contribution is -0.119. The summed E-state index contributed by atoms with van der Waals surface area (Å²) < 4.78 is 5.85. The van der Waals surface area contributed by atoms with Crippen LogP contribution in [0.5, 0.6) is 0 Å². The first kappa shape index (κ1) is 13.3. The van der Waals surface area contributed by atoms with E-state index in [1.165, 1.54) is 19.3 Å². The maximum Gasteiger partial charge on any atom is 0.0678 e. The van der Waals surface area contributed by atoms with E-state index in [-0.39, 0.29) is 5.54 Å². The number of hydrogen-bond donors (Lipinski definition) is 1. The molecule has 1 aliphatic heterocycles. The lowest BCUT2D eigenvalue weighted by atomic mass is 9.73. The van der Waals surface area contributed by atoms with Crippen LogP contribution in [0.4, 0.5) is 0 Å². The summed E-state index contributed by atoms with van der Waals surface area (Å²) in [5.41, 5.74) is 6.71. The van der Waals surface area contributed by atoms with E-state index in [2.05, 4.69) is 32.6 Å². The number of ether oxygens (including phenoxy) is 1. The fraction of sp³-hybridized carbons (Fsp3) is 1.00. The molecule has 0 amide bonds. The minimum absolute atomic E-state index is 0.194. The van der Waals surface area contributed by atoms with Crippen molar-refractivity contribution in [3.05, 3.63) is 0 Å². The Morgan fingerprint density at radius 2 is 1.76 bits per heavy atom. The van der Waals surface area contributed by atoms with Gasteiger partial charge in [0, 0.05) is 25.2 Å². The fourth-order valence-electron chi connectivity index (χ4n) is 4.01. The highest BCUT2D eigenvalue weighted by molar-refractivity contribution is 5.08. The molecule has 1 saturated heterocycles. The topological polar surface area (TPSA) is 38.5 Å². The Balaban J connectivity index is 2.23. The van der Waals surface area contributed by atoms with Crippen LogP contribution in [0.2, 0.25) is 0 Å². The van der Waals surface area contributed by atoms with Gasteiger partial charge in [0.15, 0.2) is 0 Å². The van der Waals surface area contributed by atoms with Crippen LogP contribution in [0.25, 0.3) is 0 Å². The van der Waals surface area contributed by atoms with E-state index in [1.54, 1.807) is 0 Å². The van der Waals surface area contributed by atoms with Crippen LogP contribution >= 0.6 is 0 Å². The Morgan fingerprint density at radius 1 is 1.18 bits per heavy atom. The largest absolute Gasteiger partial charge is 0.373 e. The summed E-state index contributed by atoms with van der Waals surface area (Å²) in [6, 6.07) is 0. The summed E-state index contributed by atoms with van der Waals surface area (Å²) in [5, 5.41) is 0. The number of hydrogen-bond acceptors (Lipinski definition) is 3. The molecule has 2 rings (SSSR count). The number of nitrogens with two attached hydrogens (primary N) is 1. The van der Waals surface area contributed by atoms with Crippen LogP contribution in [-0.2, 0) is 4.74 Å². The Morgan fingerprint density at radius 3 is 2.18 bits per heavy atom. The Bertz CT molecular complexity index is 269. The molecular weight excluding hydrogens is 212 g/mol. The van der Waals surface area contributed by atoms with Gasteiger partial charge in [-0.3, -0.25) is 4.90 Å².